The molecule has 8 heteroatoms. The van der Waals surface area contributed by atoms with Gasteiger partial charge in [0.05, 0.1) is 11.4 Å². The van der Waals surface area contributed by atoms with Gasteiger partial charge in [-0.05, 0) is 13.5 Å². The van der Waals surface area contributed by atoms with Crippen LogP contribution in [0.15, 0.2) is 16.8 Å². The number of aromatic nitrogens is 4. The largest absolute Gasteiger partial charge is 0.338 e. The fourth-order valence-corrected chi connectivity index (χ4v) is 1.42. The lowest BCUT2D eigenvalue weighted by Gasteiger charge is -1.99. The number of hydrogen-bond donors (Lipinski definition) is 2. The Morgan fingerprint density at radius 1 is 1.61 bits per heavy atom. The van der Waals surface area contributed by atoms with Crippen molar-refractivity contribution in [2.75, 3.05) is 11.9 Å². The first-order valence-electron chi connectivity index (χ1n) is 5.49. The Morgan fingerprint density at radius 3 is 3.11 bits per heavy atom. The average molecular weight is 250 g/mol. The molecule has 2 heterocycles. The number of hydrogen-bond acceptors (Lipinski definition) is 6. The summed E-state index contributed by atoms with van der Waals surface area (Å²) in [6, 6.07) is 1.64. The highest BCUT2D eigenvalue weighted by molar-refractivity contribution is 5.89. The van der Waals surface area contributed by atoms with Crippen LogP contribution in [0.25, 0.3) is 0 Å². The molecule has 2 aromatic heterocycles. The van der Waals surface area contributed by atoms with Crippen molar-refractivity contribution in [3.63, 3.8) is 0 Å². The summed E-state index contributed by atoms with van der Waals surface area (Å²) in [4.78, 5) is 11.6. The van der Waals surface area contributed by atoms with E-state index in [1.165, 1.54) is 4.68 Å². The van der Waals surface area contributed by atoms with E-state index in [4.69, 9.17) is 10.3 Å². The van der Waals surface area contributed by atoms with Crippen molar-refractivity contribution in [2.45, 2.75) is 19.9 Å². The second kappa shape index (κ2) is 5.41. The molecule has 18 heavy (non-hydrogen) atoms. The molecule has 0 aromatic carbocycles. The Morgan fingerprint density at radius 2 is 2.44 bits per heavy atom. The van der Waals surface area contributed by atoms with Gasteiger partial charge in [-0.1, -0.05) is 10.4 Å². The van der Waals surface area contributed by atoms with Crippen molar-refractivity contribution in [1.29, 1.82) is 0 Å². The van der Waals surface area contributed by atoms with E-state index in [1.807, 2.05) is 0 Å². The highest BCUT2D eigenvalue weighted by atomic mass is 16.5. The Labute approximate surface area is 103 Å². The molecular formula is C10H14N6O2. The van der Waals surface area contributed by atoms with Gasteiger partial charge in [0.1, 0.15) is 6.54 Å². The molecule has 8 nitrogen and oxygen atoms in total. The maximum atomic E-state index is 11.6. The zero-order chi connectivity index (χ0) is 13.0. The number of carbonyl (C=O) groups excluding carboxylic acids is 1. The van der Waals surface area contributed by atoms with E-state index in [1.54, 1.807) is 19.2 Å². The molecule has 0 bridgehead atoms. The third kappa shape index (κ3) is 3.14. The number of rotatable bonds is 5. The number of amides is 1. The first-order chi connectivity index (χ1) is 8.67. The Hall–Kier alpha value is -2.22. The van der Waals surface area contributed by atoms with Crippen molar-refractivity contribution in [2.24, 2.45) is 5.73 Å². The Kier molecular flexibility index (Phi) is 3.68. The van der Waals surface area contributed by atoms with Crippen LogP contribution in [0.3, 0.4) is 0 Å². The maximum Gasteiger partial charge on any atom is 0.248 e. The highest BCUT2D eigenvalue weighted by Gasteiger charge is 2.08. The van der Waals surface area contributed by atoms with Crippen molar-refractivity contribution < 1.29 is 9.32 Å². The fraction of sp³-hybridized carbons (Fsp3) is 0.400. The average Bonchev–Trinajstić information content (AvgIpc) is 2.89. The van der Waals surface area contributed by atoms with Crippen molar-refractivity contribution in [1.82, 2.24) is 20.2 Å². The van der Waals surface area contributed by atoms with Crippen molar-refractivity contribution in [3.05, 3.63) is 23.7 Å². The molecule has 0 aliphatic rings. The second-order valence-electron chi connectivity index (χ2n) is 3.83. The minimum Gasteiger partial charge on any atom is -0.338 e. The van der Waals surface area contributed by atoms with Gasteiger partial charge in [0, 0.05) is 18.7 Å². The Bertz CT molecular complexity index is 532. The number of anilines is 1. The third-order valence-electron chi connectivity index (χ3n) is 2.18. The summed E-state index contributed by atoms with van der Waals surface area (Å²) < 4.78 is 6.32. The molecule has 2 aromatic rings. The van der Waals surface area contributed by atoms with Gasteiger partial charge in [0.2, 0.25) is 11.8 Å². The SMILES string of the molecule is Cc1cc(NC(=O)Cn2cc(CCN)nn2)on1. The van der Waals surface area contributed by atoms with Crippen LogP contribution in [0.5, 0.6) is 0 Å². The van der Waals surface area contributed by atoms with Crippen LogP contribution in [0.1, 0.15) is 11.4 Å². The first-order valence-corrected chi connectivity index (χ1v) is 5.49. The summed E-state index contributed by atoms with van der Waals surface area (Å²) in [7, 11) is 0. The molecule has 3 N–H and O–H groups in total. The molecule has 0 aliphatic heterocycles. The molecule has 96 valence electrons. The zero-order valence-electron chi connectivity index (χ0n) is 9.96. The predicted molar refractivity (Wildman–Crippen MR) is 62.7 cm³/mol. The number of nitrogens with one attached hydrogen (secondary N) is 1. The molecule has 0 saturated carbocycles. The normalized spacial score (nSPS) is 10.6. The Balaban J connectivity index is 1.90. The highest BCUT2D eigenvalue weighted by Crippen LogP contribution is 2.08. The third-order valence-corrected chi connectivity index (χ3v) is 2.18. The van der Waals surface area contributed by atoms with Gasteiger partial charge >= 0.3 is 0 Å². The van der Waals surface area contributed by atoms with E-state index in [0.29, 0.717) is 24.5 Å². The molecule has 0 unspecified atom stereocenters. The second-order valence-corrected chi connectivity index (χ2v) is 3.83. The minimum absolute atomic E-state index is 0.0668. The summed E-state index contributed by atoms with van der Waals surface area (Å²) in [5.74, 6) is 0.0649. The summed E-state index contributed by atoms with van der Waals surface area (Å²) >= 11 is 0. The van der Waals surface area contributed by atoms with E-state index in [-0.39, 0.29) is 12.5 Å². The lowest BCUT2D eigenvalue weighted by atomic mass is 10.3. The van der Waals surface area contributed by atoms with Crippen LogP contribution in [0.4, 0.5) is 5.88 Å². The maximum absolute atomic E-state index is 11.6. The van der Waals surface area contributed by atoms with Gasteiger partial charge in [-0.15, -0.1) is 5.10 Å². The van der Waals surface area contributed by atoms with Gasteiger partial charge < -0.3 is 10.3 Å². The van der Waals surface area contributed by atoms with Crippen LogP contribution in [0.2, 0.25) is 0 Å². The van der Waals surface area contributed by atoms with Crippen LogP contribution in [-0.2, 0) is 17.8 Å². The molecule has 0 aliphatic carbocycles. The van der Waals surface area contributed by atoms with E-state index >= 15 is 0 Å². The fourth-order valence-electron chi connectivity index (χ4n) is 1.42. The lowest BCUT2D eigenvalue weighted by molar-refractivity contribution is -0.117. The predicted octanol–water partition coefficient (Wildman–Crippen LogP) is -0.286. The van der Waals surface area contributed by atoms with E-state index in [0.717, 1.165) is 5.69 Å². The van der Waals surface area contributed by atoms with Crippen molar-refractivity contribution >= 4 is 11.8 Å². The minimum atomic E-state index is -0.254. The summed E-state index contributed by atoms with van der Waals surface area (Å²) in [6.07, 6.45) is 2.33. The van der Waals surface area contributed by atoms with E-state index in [9.17, 15) is 4.79 Å². The van der Waals surface area contributed by atoms with E-state index < -0.39 is 0 Å². The first kappa shape index (κ1) is 12.2. The van der Waals surface area contributed by atoms with Gasteiger partial charge in [-0.25, -0.2) is 4.68 Å². The van der Waals surface area contributed by atoms with Crippen LogP contribution < -0.4 is 11.1 Å². The van der Waals surface area contributed by atoms with Gasteiger partial charge in [0.25, 0.3) is 0 Å². The monoisotopic (exact) mass is 250 g/mol. The summed E-state index contributed by atoms with van der Waals surface area (Å²) in [6.45, 7) is 2.34. The molecule has 0 spiro atoms. The van der Waals surface area contributed by atoms with Crippen molar-refractivity contribution in [3.8, 4) is 0 Å². The number of nitrogens with zero attached hydrogens (tertiary/aromatic N) is 4. The molecule has 1 amide bonds. The smallest absolute Gasteiger partial charge is 0.248 e. The summed E-state index contributed by atoms with van der Waals surface area (Å²) in [5, 5.41) is 14.0. The van der Waals surface area contributed by atoms with Gasteiger partial charge in [0.15, 0.2) is 0 Å². The molecular weight excluding hydrogens is 236 g/mol. The van der Waals surface area contributed by atoms with Gasteiger partial charge in [-0.3, -0.25) is 10.1 Å². The molecule has 0 radical (unpaired) electrons. The topological polar surface area (TPSA) is 112 Å². The summed E-state index contributed by atoms with van der Waals surface area (Å²) in [5.41, 5.74) is 6.87. The van der Waals surface area contributed by atoms with Crippen LogP contribution >= 0.6 is 0 Å². The zero-order valence-corrected chi connectivity index (χ0v) is 9.96. The van der Waals surface area contributed by atoms with Gasteiger partial charge in [-0.2, -0.15) is 0 Å². The van der Waals surface area contributed by atoms with Crippen LogP contribution in [-0.4, -0.2) is 32.6 Å². The quantitative estimate of drug-likeness (QED) is 0.754. The molecule has 0 fully saturated rings. The molecule has 2 rings (SSSR count). The van der Waals surface area contributed by atoms with E-state index in [2.05, 4.69) is 20.8 Å². The lowest BCUT2D eigenvalue weighted by Crippen LogP contribution is -2.18. The number of nitrogens with two attached hydrogens (primary N) is 1. The van der Waals surface area contributed by atoms with Crippen LogP contribution in [0, 0.1) is 6.92 Å². The number of carbonyl (C=O) groups is 1. The molecule has 0 saturated heterocycles. The number of aryl methyl sites for hydroxylation is 1. The molecule has 0 atom stereocenters. The standard InChI is InChI=1S/C10H14N6O2/c1-7-4-10(18-14-7)12-9(17)6-16-5-8(2-3-11)13-15-16/h4-5H,2-3,6,11H2,1H3,(H,12,17).